The second-order valence-corrected chi connectivity index (χ2v) is 5.69. The highest BCUT2D eigenvalue weighted by molar-refractivity contribution is 5.74. The Labute approximate surface area is 140 Å². The van der Waals surface area contributed by atoms with Gasteiger partial charge in [0.1, 0.15) is 11.5 Å². The highest BCUT2D eigenvalue weighted by Gasteiger charge is 2.11. The van der Waals surface area contributed by atoms with Crippen molar-refractivity contribution in [2.24, 2.45) is 0 Å². The predicted molar refractivity (Wildman–Crippen MR) is 89.5 cm³/mol. The Morgan fingerprint density at radius 1 is 1.17 bits per heavy atom. The maximum absolute atomic E-state index is 11.8. The van der Waals surface area contributed by atoms with Gasteiger partial charge in [0.2, 0.25) is 0 Å². The molecule has 0 spiro atoms. The molecule has 0 aliphatic rings. The molecule has 6 nitrogen and oxygen atoms in total. The summed E-state index contributed by atoms with van der Waals surface area (Å²) in [4.78, 5) is 22.0. The van der Waals surface area contributed by atoms with Crippen LogP contribution in [0.2, 0.25) is 0 Å². The molecule has 0 heterocycles. The van der Waals surface area contributed by atoms with Crippen molar-refractivity contribution in [3.63, 3.8) is 0 Å². The number of rotatable bonds is 6. The summed E-state index contributed by atoms with van der Waals surface area (Å²) in [7, 11) is 0. The Morgan fingerprint density at radius 2 is 1.83 bits per heavy atom. The molecule has 0 amide bonds. The Kier molecular flexibility index (Phi) is 5.52. The molecule has 0 atom stereocenters. The average molecular weight is 329 g/mol. The number of aryl methyl sites for hydroxylation is 1. The van der Waals surface area contributed by atoms with Crippen molar-refractivity contribution in [1.29, 1.82) is 0 Å². The summed E-state index contributed by atoms with van der Waals surface area (Å²) in [6, 6.07) is 11.5. The zero-order valence-corrected chi connectivity index (χ0v) is 13.8. The highest BCUT2D eigenvalue weighted by Crippen LogP contribution is 2.23. The van der Waals surface area contributed by atoms with E-state index in [1.165, 1.54) is 18.2 Å². The van der Waals surface area contributed by atoms with Crippen LogP contribution in [0.25, 0.3) is 0 Å². The monoisotopic (exact) mass is 329 g/mol. The van der Waals surface area contributed by atoms with Gasteiger partial charge in [-0.2, -0.15) is 0 Å². The summed E-state index contributed by atoms with van der Waals surface area (Å²) in [5, 5.41) is 10.7. The van der Waals surface area contributed by atoms with Crippen LogP contribution in [0.4, 0.5) is 5.69 Å². The molecule has 2 aromatic carbocycles. The fourth-order valence-corrected chi connectivity index (χ4v) is 2.13. The van der Waals surface area contributed by atoms with Crippen molar-refractivity contribution in [3.8, 4) is 11.5 Å². The number of hydrogen-bond acceptors (Lipinski definition) is 5. The van der Waals surface area contributed by atoms with Crippen molar-refractivity contribution >= 4 is 11.7 Å². The molecule has 24 heavy (non-hydrogen) atoms. The fraction of sp³-hybridized carbons (Fsp3) is 0.278. The molecule has 2 aromatic rings. The SMILES string of the molecule is Cc1cc([N+](=O)[O-])ccc1OCC(=O)Oc1ccc(C(C)C)cc1. The minimum absolute atomic E-state index is 0.0207. The van der Waals surface area contributed by atoms with Gasteiger partial charge in [-0.25, -0.2) is 4.79 Å². The molecule has 0 N–H and O–H groups in total. The third kappa shape index (κ3) is 4.55. The Balaban J connectivity index is 1.92. The lowest BCUT2D eigenvalue weighted by Crippen LogP contribution is -2.18. The van der Waals surface area contributed by atoms with Gasteiger partial charge in [-0.05, 0) is 42.2 Å². The fourth-order valence-electron chi connectivity index (χ4n) is 2.13. The van der Waals surface area contributed by atoms with E-state index in [2.05, 4.69) is 13.8 Å². The Bertz CT molecular complexity index is 738. The molecule has 0 unspecified atom stereocenters. The molecule has 0 aliphatic carbocycles. The standard InChI is InChI=1S/C18H19NO5/c1-12(2)14-4-7-16(8-5-14)24-18(20)11-23-17-9-6-15(19(21)22)10-13(17)3/h4-10,12H,11H2,1-3H3. The molecule has 0 aliphatic heterocycles. The molecule has 2 rings (SSSR count). The number of nitrogens with zero attached hydrogens (tertiary/aromatic N) is 1. The van der Waals surface area contributed by atoms with Crippen molar-refractivity contribution in [3.05, 3.63) is 63.7 Å². The molecule has 6 heteroatoms. The Morgan fingerprint density at radius 3 is 2.38 bits per heavy atom. The smallest absolute Gasteiger partial charge is 0.349 e. The maximum atomic E-state index is 11.8. The topological polar surface area (TPSA) is 78.7 Å². The van der Waals surface area contributed by atoms with E-state index in [1.54, 1.807) is 19.1 Å². The molecule has 0 saturated heterocycles. The van der Waals surface area contributed by atoms with Crippen LogP contribution in [0.1, 0.15) is 30.9 Å². The van der Waals surface area contributed by atoms with E-state index in [1.807, 2.05) is 12.1 Å². The third-order valence-electron chi connectivity index (χ3n) is 3.49. The van der Waals surface area contributed by atoms with Crippen molar-refractivity contribution < 1.29 is 19.2 Å². The summed E-state index contributed by atoms with van der Waals surface area (Å²) in [5.74, 6) is 0.731. The summed E-state index contributed by atoms with van der Waals surface area (Å²) in [5.41, 5.74) is 1.72. The zero-order valence-electron chi connectivity index (χ0n) is 13.8. The van der Waals surface area contributed by atoms with Crippen LogP contribution in [0.5, 0.6) is 11.5 Å². The molecule has 126 valence electrons. The molecule has 0 saturated carbocycles. The first kappa shape index (κ1) is 17.5. The maximum Gasteiger partial charge on any atom is 0.349 e. The summed E-state index contributed by atoms with van der Waals surface area (Å²) >= 11 is 0. The number of ether oxygens (including phenoxy) is 2. The number of hydrogen-bond donors (Lipinski definition) is 0. The highest BCUT2D eigenvalue weighted by atomic mass is 16.6. The van der Waals surface area contributed by atoms with E-state index < -0.39 is 10.9 Å². The number of carbonyl (C=O) groups is 1. The van der Waals surface area contributed by atoms with E-state index in [-0.39, 0.29) is 12.3 Å². The lowest BCUT2D eigenvalue weighted by Gasteiger charge is -2.10. The largest absolute Gasteiger partial charge is 0.482 e. The summed E-state index contributed by atoms with van der Waals surface area (Å²) in [6.45, 7) is 5.58. The van der Waals surface area contributed by atoms with Gasteiger partial charge in [-0.15, -0.1) is 0 Å². The van der Waals surface area contributed by atoms with Gasteiger partial charge in [0.25, 0.3) is 5.69 Å². The van der Waals surface area contributed by atoms with Crippen molar-refractivity contribution in [2.45, 2.75) is 26.7 Å². The van der Waals surface area contributed by atoms with Crippen LogP contribution in [0.15, 0.2) is 42.5 Å². The lowest BCUT2D eigenvalue weighted by atomic mass is 10.0. The van der Waals surface area contributed by atoms with Gasteiger partial charge in [-0.1, -0.05) is 26.0 Å². The van der Waals surface area contributed by atoms with Crippen molar-refractivity contribution in [2.75, 3.05) is 6.61 Å². The first-order valence-corrected chi connectivity index (χ1v) is 7.55. The molecule has 0 bridgehead atoms. The second-order valence-electron chi connectivity index (χ2n) is 5.69. The van der Waals surface area contributed by atoms with Gasteiger partial charge in [-0.3, -0.25) is 10.1 Å². The van der Waals surface area contributed by atoms with E-state index in [4.69, 9.17) is 9.47 Å². The van der Waals surface area contributed by atoms with Crippen LogP contribution in [-0.2, 0) is 4.79 Å². The lowest BCUT2D eigenvalue weighted by molar-refractivity contribution is -0.384. The predicted octanol–water partition coefficient (Wildman–Crippen LogP) is 4.01. The van der Waals surface area contributed by atoms with E-state index >= 15 is 0 Å². The quantitative estimate of drug-likeness (QED) is 0.346. The minimum atomic E-state index is -0.537. The summed E-state index contributed by atoms with van der Waals surface area (Å²) < 4.78 is 10.6. The number of benzene rings is 2. The van der Waals surface area contributed by atoms with E-state index in [0.717, 1.165) is 5.56 Å². The van der Waals surface area contributed by atoms with Crippen LogP contribution < -0.4 is 9.47 Å². The molecule has 0 aromatic heterocycles. The van der Waals surface area contributed by atoms with E-state index in [9.17, 15) is 14.9 Å². The number of carbonyl (C=O) groups excluding carboxylic acids is 1. The zero-order chi connectivity index (χ0) is 17.7. The van der Waals surface area contributed by atoms with Crippen LogP contribution >= 0.6 is 0 Å². The molecular formula is C18H19NO5. The van der Waals surface area contributed by atoms with Gasteiger partial charge in [0.05, 0.1) is 4.92 Å². The van der Waals surface area contributed by atoms with Crippen LogP contribution in [0.3, 0.4) is 0 Å². The first-order chi connectivity index (χ1) is 11.4. The van der Waals surface area contributed by atoms with Gasteiger partial charge < -0.3 is 9.47 Å². The summed E-state index contributed by atoms with van der Waals surface area (Å²) in [6.07, 6.45) is 0. The minimum Gasteiger partial charge on any atom is -0.482 e. The number of nitro groups is 1. The average Bonchev–Trinajstić information content (AvgIpc) is 2.54. The van der Waals surface area contributed by atoms with Gasteiger partial charge >= 0.3 is 5.97 Å². The number of nitro benzene ring substituents is 1. The third-order valence-corrected chi connectivity index (χ3v) is 3.49. The van der Waals surface area contributed by atoms with Crippen molar-refractivity contribution in [1.82, 2.24) is 0 Å². The number of non-ortho nitro benzene ring substituents is 1. The van der Waals surface area contributed by atoms with Gasteiger partial charge in [0, 0.05) is 12.1 Å². The molecule has 0 radical (unpaired) electrons. The van der Waals surface area contributed by atoms with Crippen LogP contribution in [0, 0.1) is 17.0 Å². The first-order valence-electron chi connectivity index (χ1n) is 7.55. The molecular weight excluding hydrogens is 310 g/mol. The van der Waals surface area contributed by atoms with Crippen LogP contribution in [-0.4, -0.2) is 17.5 Å². The van der Waals surface area contributed by atoms with Gasteiger partial charge in [0.15, 0.2) is 6.61 Å². The Hall–Kier alpha value is -2.89. The number of esters is 1. The van der Waals surface area contributed by atoms with E-state index in [0.29, 0.717) is 23.0 Å². The normalized spacial score (nSPS) is 10.5. The second kappa shape index (κ2) is 7.59. The molecule has 0 fully saturated rings.